The second-order valence-corrected chi connectivity index (χ2v) is 5.31. The van der Waals surface area contributed by atoms with Crippen LogP contribution in [-0.2, 0) is 4.79 Å². The number of benzene rings is 1. The molecule has 1 aromatic carbocycles. The van der Waals surface area contributed by atoms with Crippen molar-refractivity contribution in [3.8, 4) is 5.75 Å². The molecule has 1 rings (SSSR count). The van der Waals surface area contributed by atoms with Crippen LogP contribution in [-0.4, -0.2) is 24.6 Å². The molecule has 0 aliphatic rings. The minimum atomic E-state index is -0.471. The fraction of sp³-hybridized carbons (Fsp3) is 0.533. The van der Waals surface area contributed by atoms with Crippen molar-refractivity contribution in [1.29, 1.82) is 0 Å². The number of rotatable bonds is 6. The number of amides is 1. The Bertz CT molecular complexity index is 418. The molecule has 0 aliphatic carbocycles. The van der Waals surface area contributed by atoms with Crippen molar-refractivity contribution in [3.63, 3.8) is 0 Å². The molecule has 3 N–H and O–H groups in total. The molecule has 4 nitrogen and oxygen atoms in total. The van der Waals surface area contributed by atoms with Gasteiger partial charge in [0.05, 0.1) is 12.1 Å². The predicted octanol–water partition coefficient (Wildman–Crippen LogP) is 1.86. The van der Waals surface area contributed by atoms with Gasteiger partial charge in [-0.05, 0) is 37.5 Å². The smallest absolute Gasteiger partial charge is 0.237 e. The van der Waals surface area contributed by atoms with Crippen molar-refractivity contribution >= 4 is 5.91 Å². The number of nitrogens with one attached hydrogen (secondary N) is 1. The van der Waals surface area contributed by atoms with E-state index in [1.165, 1.54) is 0 Å². The fourth-order valence-corrected chi connectivity index (χ4v) is 1.61. The van der Waals surface area contributed by atoms with E-state index in [1.54, 1.807) is 0 Å². The minimum Gasteiger partial charge on any atom is -0.491 e. The van der Waals surface area contributed by atoms with Gasteiger partial charge in [-0.2, -0.15) is 0 Å². The average Bonchev–Trinajstić information content (AvgIpc) is 2.35. The third-order valence-electron chi connectivity index (χ3n) is 2.90. The summed E-state index contributed by atoms with van der Waals surface area (Å²) < 4.78 is 5.63. The molecular formula is C15H24N2O2. The van der Waals surface area contributed by atoms with Gasteiger partial charge >= 0.3 is 0 Å². The lowest BCUT2D eigenvalue weighted by Crippen LogP contribution is -2.48. The standard InChI is InChI=1S/C15H24N2O2/c1-10(2)14(16)15(18)17-12(4)9-19-13-7-5-6-11(3)8-13/h5-8,10,12,14H,9,16H2,1-4H3,(H,17,18)/t12?,14-/m0/s1. The summed E-state index contributed by atoms with van der Waals surface area (Å²) in [5, 5.41) is 2.86. The van der Waals surface area contributed by atoms with E-state index in [-0.39, 0.29) is 17.9 Å². The van der Waals surface area contributed by atoms with Crippen molar-refractivity contribution < 1.29 is 9.53 Å². The van der Waals surface area contributed by atoms with Crippen LogP contribution in [0.15, 0.2) is 24.3 Å². The zero-order chi connectivity index (χ0) is 14.4. The van der Waals surface area contributed by atoms with E-state index in [1.807, 2.05) is 52.0 Å². The molecule has 0 spiro atoms. The van der Waals surface area contributed by atoms with E-state index in [9.17, 15) is 4.79 Å². The maximum absolute atomic E-state index is 11.8. The quantitative estimate of drug-likeness (QED) is 0.824. The summed E-state index contributed by atoms with van der Waals surface area (Å²) in [6.07, 6.45) is 0. The van der Waals surface area contributed by atoms with Gasteiger partial charge in [-0.3, -0.25) is 4.79 Å². The Morgan fingerprint density at radius 3 is 2.63 bits per heavy atom. The molecule has 1 aromatic rings. The van der Waals surface area contributed by atoms with Gasteiger partial charge in [0.25, 0.3) is 0 Å². The topological polar surface area (TPSA) is 64.3 Å². The molecule has 106 valence electrons. The van der Waals surface area contributed by atoms with Crippen molar-refractivity contribution in [2.24, 2.45) is 11.7 Å². The predicted molar refractivity (Wildman–Crippen MR) is 77.1 cm³/mol. The van der Waals surface area contributed by atoms with Gasteiger partial charge in [0.15, 0.2) is 0 Å². The van der Waals surface area contributed by atoms with E-state index < -0.39 is 6.04 Å². The summed E-state index contributed by atoms with van der Waals surface area (Å²) in [4.78, 5) is 11.8. The highest BCUT2D eigenvalue weighted by molar-refractivity contribution is 5.81. The third kappa shape index (κ3) is 5.30. The molecular weight excluding hydrogens is 240 g/mol. The Kier molecular flexibility index (Phi) is 5.83. The molecule has 0 aromatic heterocycles. The van der Waals surface area contributed by atoms with E-state index in [4.69, 9.17) is 10.5 Å². The lowest BCUT2D eigenvalue weighted by atomic mass is 10.0. The van der Waals surface area contributed by atoms with Crippen molar-refractivity contribution in [2.75, 3.05) is 6.61 Å². The molecule has 0 fully saturated rings. The first-order valence-corrected chi connectivity index (χ1v) is 6.65. The van der Waals surface area contributed by atoms with E-state index >= 15 is 0 Å². The summed E-state index contributed by atoms with van der Waals surface area (Å²) in [6, 6.07) is 7.29. The monoisotopic (exact) mass is 264 g/mol. The number of hydrogen-bond donors (Lipinski definition) is 2. The van der Waals surface area contributed by atoms with Gasteiger partial charge in [-0.1, -0.05) is 26.0 Å². The van der Waals surface area contributed by atoms with Crippen LogP contribution in [0, 0.1) is 12.8 Å². The van der Waals surface area contributed by atoms with Gasteiger partial charge < -0.3 is 15.8 Å². The highest BCUT2D eigenvalue weighted by Gasteiger charge is 2.18. The van der Waals surface area contributed by atoms with Crippen LogP contribution in [0.5, 0.6) is 5.75 Å². The van der Waals surface area contributed by atoms with E-state index in [2.05, 4.69) is 5.32 Å². The van der Waals surface area contributed by atoms with Crippen LogP contribution >= 0.6 is 0 Å². The Morgan fingerprint density at radius 2 is 2.05 bits per heavy atom. The van der Waals surface area contributed by atoms with Crippen molar-refractivity contribution in [1.82, 2.24) is 5.32 Å². The Labute approximate surface area is 115 Å². The SMILES string of the molecule is Cc1cccc(OCC(C)NC(=O)[C@@H](N)C(C)C)c1. The largest absolute Gasteiger partial charge is 0.491 e. The summed E-state index contributed by atoms with van der Waals surface area (Å²) in [7, 11) is 0. The summed E-state index contributed by atoms with van der Waals surface area (Å²) in [5.74, 6) is 0.814. The molecule has 0 saturated heterocycles. The number of carbonyl (C=O) groups is 1. The number of aryl methyl sites for hydroxylation is 1. The molecule has 0 bridgehead atoms. The first-order chi connectivity index (χ1) is 8.90. The molecule has 1 amide bonds. The fourth-order valence-electron chi connectivity index (χ4n) is 1.61. The summed E-state index contributed by atoms with van der Waals surface area (Å²) in [6.45, 7) is 8.21. The number of carbonyl (C=O) groups excluding carboxylic acids is 1. The van der Waals surface area contributed by atoms with Crippen LogP contribution in [0.2, 0.25) is 0 Å². The average molecular weight is 264 g/mol. The summed E-state index contributed by atoms with van der Waals surface area (Å²) >= 11 is 0. The second kappa shape index (κ2) is 7.14. The Hall–Kier alpha value is -1.55. The highest BCUT2D eigenvalue weighted by Crippen LogP contribution is 2.12. The lowest BCUT2D eigenvalue weighted by molar-refractivity contribution is -0.124. The first kappa shape index (κ1) is 15.5. The third-order valence-corrected chi connectivity index (χ3v) is 2.90. The summed E-state index contributed by atoms with van der Waals surface area (Å²) in [5.41, 5.74) is 6.93. The van der Waals surface area contributed by atoms with Crippen molar-refractivity contribution in [3.05, 3.63) is 29.8 Å². The molecule has 0 saturated carbocycles. The van der Waals surface area contributed by atoms with Gasteiger partial charge in [-0.25, -0.2) is 0 Å². The van der Waals surface area contributed by atoms with Crippen LogP contribution in [0.4, 0.5) is 0 Å². The van der Waals surface area contributed by atoms with Gasteiger partial charge in [0.1, 0.15) is 12.4 Å². The number of nitrogens with two attached hydrogens (primary N) is 1. The van der Waals surface area contributed by atoms with E-state index in [0.717, 1.165) is 11.3 Å². The molecule has 0 heterocycles. The molecule has 4 heteroatoms. The van der Waals surface area contributed by atoms with Crippen molar-refractivity contribution in [2.45, 2.75) is 39.8 Å². The maximum atomic E-state index is 11.8. The van der Waals surface area contributed by atoms with Crippen LogP contribution < -0.4 is 15.8 Å². The zero-order valence-corrected chi connectivity index (χ0v) is 12.1. The molecule has 0 aliphatic heterocycles. The highest BCUT2D eigenvalue weighted by atomic mass is 16.5. The maximum Gasteiger partial charge on any atom is 0.237 e. The Balaban J connectivity index is 2.39. The van der Waals surface area contributed by atoms with Crippen LogP contribution in [0.3, 0.4) is 0 Å². The first-order valence-electron chi connectivity index (χ1n) is 6.65. The van der Waals surface area contributed by atoms with Crippen LogP contribution in [0.1, 0.15) is 26.3 Å². The molecule has 0 radical (unpaired) electrons. The number of hydrogen-bond acceptors (Lipinski definition) is 3. The molecule has 1 unspecified atom stereocenters. The normalized spacial score (nSPS) is 14.0. The lowest BCUT2D eigenvalue weighted by Gasteiger charge is -2.20. The Morgan fingerprint density at radius 1 is 1.37 bits per heavy atom. The number of ether oxygens (including phenoxy) is 1. The molecule has 2 atom stereocenters. The zero-order valence-electron chi connectivity index (χ0n) is 12.1. The van der Waals surface area contributed by atoms with Gasteiger partial charge in [0, 0.05) is 0 Å². The molecule has 19 heavy (non-hydrogen) atoms. The van der Waals surface area contributed by atoms with E-state index in [0.29, 0.717) is 6.61 Å². The van der Waals surface area contributed by atoms with Crippen LogP contribution in [0.25, 0.3) is 0 Å². The minimum absolute atomic E-state index is 0.0715. The van der Waals surface area contributed by atoms with Gasteiger partial charge in [0.2, 0.25) is 5.91 Å². The van der Waals surface area contributed by atoms with Gasteiger partial charge in [-0.15, -0.1) is 0 Å². The second-order valence-electron chi connectivity index (χ2n) is 5.31.